The Morgan fingerprint density at radius 1 is 1.35 bits per heavy atom. The molecule has 0 bridgehead atoms. The second-order valence-electron chi connectivity index (χ2n) is 5.51. The van der Waals surface area contributed by atoms with Gasteiger partial charge < -0.3 is 5.11 Å². The zero-order chi connectivity index (χ0) is 14.5. The summed E-state index contributed by atoms with van der Waals surface area (Å²) in [7, 11) is 0. The van der Waals surface area contributed by atoms with Crippen LogP contribution in [0.15, 0.2) is 24.3 Å². The van der Waals surface area contributed by atoms with Crippen LogP contribution in [0, 0.1) is 11.8 Å². The fraction of sp³-hybridized carbons (Fsp3) is 0.562. The van der Waals surface area contributed by atoms with E-state index in [0.29, 0.717) is 5.92 Å². The van der Waals surface area contributed by atoms with Gasteiger partial charge in [-0.25, -0.2) is 0 Å². The Balaban J connectivity index is 1.96. The van der Waals surface area contributed by atoms with Crippen molar-refractivity contribution >= 4 is 29.3 Å². The summed E-state index contributed by atoms with van der Waals surface area (Å²) in [5.41, 5.74) is 1.21. The van der Waals surface area contributed by atoms with Crippen LogP contribution >= 0.6 is 23.4 Å². The first kappa shape index (κ1) is 15.7. The highest BCUT2D eigenvalue weighted by atomic mass is 35.5. The van der Waals surface area contributed by atoms with Gasteiger partial charge in [0.05, 0.1) is 5.92 Å². The molecule has 1 fully saturated rings. The SMILES string of the molecule is CCC1CCC(C(=O)O)C(SCc2ccc(Cl)cc2)C1. The maximum absolute atomic E-state index is 11.4. The monoisotopic (exact) mass is 312 g/mol. The number of benzene rings is 1. The maximum Gasteiger partial charge on any atom is 0.307 e. The molecule has 1 aromatic carbocycles. The molecular formula is C16H21ClO2S. The molecule has 1 saturated carbocycles. The average Bonchev–Trinajstić information content (AvgIpc) is 2.46. The van der Waals surface area contributed by atoms with E-state index in [1.165, 1.54) is 5.56 Å². The lowest BCUT2D eigenvalue weighted by atomic mass is 9.80. The fourth-order valence-electron chi connectivity index (χ4n) is 2.83. The first-order valence-electron chi connectivity index (χ1n) is 7.19. The van der Waals surface area contributed by atoms with Crippen LogP contribution in [0.25, 0.3) is 0 Å². The molecule has 3 atom stereocenters. The summed E-state index contributed by atoms with van der Waals surface area (Å²) in [5, 5.41) is 10.3. The number of aliphatic carboxylic acids is 1. The van der Waals surface area contributed by atoms with Crippen molar-refractivity contribution < 1.29 is 9.90 Å². The highest BCUT2D eigenvalue weighted by molar-refractivity contribution is 7.99. The standard InChI is InChI=1S/C16H21ClO2S/c1-2-11-5-8-14(16(18)19)15(9-11)20-10-12-3-6-13(17)7-4-12/h3-4,6-7,11,14-15H,2,5,8-10H2,1H3,(H,18,19). The molecule has 0 aromatic heterocycles. The third kappa shape index (κ3) is 4.16. The Morgan fingerprint density at radius 3 is 2.65 bits per heavy atom. The summed E-state index contributed by atoms with van der Waals surface area (Å²) < 4.78 is 0. The Bertz CT molecular complexity index is 446. The van der Waals surface area contributed by atoms with Crippen molar-refractivity contribution in [1.29, 1.82) is 0 Å². The van der Waals surface area contributed by atoms with E-state index in [2.05, 4.69) is 6.92 Å². The van der Waals surface area contributed by atoms with Crippen LogP contribution in [0.5, 0.6) is 0 Å². The van der Waals surface area contributed by atoms with Crippen LogP contribution in [0.1, 0.15) is 38.2 Å². The van der Waals surface area contributed by atoms with Gasteiger partial charge in [0.1, 0.15) is 0 Å². The normalized spacial score (nSPS) is 26.4. The molecule has 4 heteroatoms. The number of halogens is 1. The maximum atomic E-state index is 11.4. The molecule has 0 heterocycles. The van der Waals surface area contributed by atoms with Crippen LogP contribution in [0.2, 0.25) is 5.02 Å². The van der Waals surface area contributed by atoms with Gasteiger partial charge >= 0.3 is 5.97 Å². The number of carboxylic acid groups (broad SMARTS) is 1. The molecule has 3 unspecified atom stereocenters. The summed E-state index contributed by atoms with van der Waals surface area (Å²) in [5.74, 6) is 0.735. The van der Waals surface area contributed by atoms with Crippen LogP contribution in [-0.2, 0) is 10.5 Å². The van der Waals surface area contributed by atoms with E-state index in [1.807, 2.05) is 24.3 Å². The number of rotatable bonds is 5. The lowest BCUT2D eigenvalue weighted by Gasteiger charge is -2.33. The average molecular weight is 313 g/mol. The van der Waals surface area contributed by atoms with Crippen molar-refractivity contribution in [2.45, 2.75) is 43.6 Å². The van der Waals surface area contributed by atoms with E-state index >= 15 is 0 Å². The molecule has 1 aliphatic rings. The van der Waals surface area contributed by atoms with Gasteiger partial charge in [-0.2, -0.15) is 11.8 Å². The van der Waals surface area contributed by atoms with E-state index < -0.39 is 5.97 Å². The summed E-state index contributed by atoms with van der Waals surface area (Å²) in [6.07, 6.45) is 4.08. The van der Waals surface area contributed by atoms with E-state index in [-0.39, 0.29) is 11.2 Å². The number of hydrogen-bond donors (Lipinski definition) is 1. The zero-order valence-electron chi connectivity index (χ0n) is 11.7. The largest absolute Gasteiger partial charge is 0.481 e. The van der Waals surface area contributed by atoms with Crippen molar-refractivity contribution in [2.24, 2.45) is 11.8 Å². The van der Waals surface area contributed by atoms with Gasteiger partial charge in [0.15, 0.2) is 0 Å². The van der Waals surface area contributed by atoms with Gasteiger partial charge in [-0.3, -0.25) is 4.79 Å². The van der Waals surface area contributed by atoms with Crippen LogP contribution < -0.4 is 0 Å². The highest BCUT2D eigenvalue weighted by Crippen LogP contribution is 2.39. The van der Waals surface area contributed by atoms with Crippen LogP contribution in [-0.4, -0.2) is 16.3 Å². The zero-order valence-corrected chi connectivity index (χ0v) is 13.3. The molecule has 1 N–H and O–H groups in total. The second kappa shape index (κ2) is 7.37. The predicted octanol–water partition coefficient (Wildman–Crippen LogP) is 4.85. The number of carbonyl (C=O) groups is 1. The van der Waals surface area contributed by atoms with E-state index in [4.69, 9.17) is 11.6 Å². The molecule has 2 rings (SSSR count). The topological polar surface area (TPSA) is 37.3 Å². The number of carboxylic acids is 1. The van der Waals surface area contributed by atoms with Gasteiger partial charge in [0, 0.05) is 16.0 Å². The Kier molecular flexibility index (Phi) is 5.79. The molecule has 0 amide bonds. The third-order valence-corrected chi connectivity index (χ3v) is 5.87. The molecule has 0 radical (unpaired) electrons. The van der Waals surface area contributed by atoms with E-state index in [1.54, 1.807) is 11.8 Å². The Hall–Kier alpha value is -0.670. The van der Waals surface area contributed by atoms with Gasteiger partial charge in [0.25, 0.3) is 0 Å². The highest BCUT2D eigenvalue weighted by Gasteiger charge is 2.34. The second-order valence-corrected chi connectivity index (χ2v) is 7.17. The summed E-state index contributed by atoms with van der Waals surface area (Å²) in [4.78, 5) is 11.4. The molecule has 1 aliphatic carbocycles. The molecule has 2 nitrogen and oxygen atoms in total. The first-order valence-corrected chi connectivity index (χ1v) is 8.61. The Labute approximate surface area is 129 Å². The number of thioether (sulfide) groups is 1. The fourth-order valence-corrected chi connectivity index (χ4v) is 4.45. The molecule has 20 heavy (non-hydrogen) atoms. The first-order chi connectivity index (χ1) is 9.60. The van der Waals surface area contributed by atoms with Crippen molar-refractivity contribution in [3.63, 3.8) is 0 Å². The molecule has 0 spiro atoms. The van der Waals surface area contributed by atoms with Crippen molar-refractivity contribution in [3.05, 3.63) is 34.9 Å². The van der Waals surface area contributed by atoms with Crippen molar-refractivity contribution in [2.75, 3.05) is 0 Å². The quantitative estimate of drug-likeness (QED) is 0.844. The molecule has 1 aromatic rings. The summed E-state index contributed by atoms with van der Waals surface area (Å²) in [6.45, 7) is 2.20. The van der Waals surface area contributed by atoms with Crippen molar-refractivity contribution in [3.8, 4) is 0 Å². The molecule has 110 valence electrons. The summed E-state index contributed by atoms with van der Waals surface area (Å²) in [6, 6.07) is 7.82. The minimum atomic E-state index is -0.631. The molecule has 0 saturated heterocycles. The van der Waals surface area contributed by atoms with E-state index in [9.17, 15) is 9.90 Å². The molecule has 0 aliphatic heterocycles. The van der Waals surface area contributed by atoms with Crippen LogP contribution in [0.4, 0.5) is 0 Å². The van der Waals surface area contributed by atoms with E-state index in [0.717, 1.165) is 36.5 Å². The summed E-state index contributed by atoms with van der Waals surface area (Å²) >= 11 is 7.67. The predicted molar refractivity (Wildman–Crippen MR) is 85.3 cm³/mol. The lowest BCUT2D eigenvalue weighted by Crippen LogP contribution is -2.32. The van der Waals surface area contributed by atoms with Gasteiger partial charge in [-0.1, -0.05) is 37.1 Å². The third-order valence-electron chi connectivity index (χ3n) is 4.17. The number of hydrogen-bond acceptors (Lipinski definition) is 2. The van der Waals surface area contributed by atoms with Gasteiger partial charge in [-0.05, 0) is 42.9 Å². The van der Waals surface area contributed by atoms with Crippen molar-refractivity contribution in [1.82, 2.24) is 0 Å². The Morgan fingerprint density at radius 2 is 2.05 bits per heavy atom. The minimum absolute atomic E-state index is 0.185. The molecular weight excluding hydrogens is 292 g/mol. The van der Waals surface area contributed by atoms with Gasteiger partial charge in [-0.15, -0.1) is 0 Å². The van der Waals surface area contributed by atoms with Crippen LogP contribution in [0.3, 0.4) is 0 Å². The van der Waals surface area contributed by atoms with Gasteiger partial charge in [0.2, 0.25) is 0 Å². The lowest BCUT2D eigenvalue weighted by molar-refractivity contribution is -0.142. The smallest absolute Gasteiger partial charge is 0.307 e. The minimum Gasteiger partial charge on any atom is -0.481 e.